The zero-order chi connectivity index (χ0) is 14.0. The van der Waals surface area contributed by atoms with Gasteiger partial charge in [0.1, 0.15) is 0 Å². The van der Waals surface area contributed by atoms with E-state index in [1.807, 2.05) is 0 Å². The van der Waals surface area contributed by atoms with Gasteiger partial charge in [-0.25, -0.2) is 0 Å². The Morgan fingerprint density at radius 1 is 1.16 bits per heavy atom. The second-order valence-electron chi connectivity index (χ2n) is 7.31. The molecule has 2 rings (SSSR count). The molecule has 0 spiro atoms. The van der Waals surface area contributed by atoms with Gasteiger partial charge in [-0.1, -0.05) is 64.8 Å². The van der Waals surface area contributed by atoms with Crippen LogP contribution in [0.25, 0.3) is 0 Å². The third kappa shape index (κ3) is 3.39. The van der Waals surface area contributed by atoms with E-state index >= 15 is 0 Å². The van der Waals surface area contributed by atoms with E-state index in [1.54, 1.807) is 0 Å². The van der Waals surface area contributed by atoms with Crippen molar-refractivity contribution in [2.75, 3.05) is 0 Å². The molecule has 1 aliphatic rings. The quantitative estimate of drug-likeness (QED) is 0.806. The van der Waals surface area contributed by atoms with Crippen molar-refractivity contribution < 1.29 is 5.11 Å². The Balaban J connectivity index is 2.26. The number of benzene rings is 1. The maximum absolute atomic E-state index is 10.8. The molecule has 3 atom stereocenters. The molecule has 1 N–H and O–H groups in total. The molecule has 1 nitrogen and oxygen atoms in total. The lowest BCUT2D eigenvalue weighted by atomic mass is 9.74. The van der Waals surface area contributed by atoms with Gasteiger partial charge in [-0.2, -0.15) is 0 Å². The summed E-state index contributed by atoms with van der Waals surface area (Å²) in [6.07, 6.45) is 4.63. The average molecular weight is 260 g/mol. The highest BCUT2D eigenvalue weighted by Crippen LogP contribution is 2.40. The Hall–Kier alpha value is -0.820. The molecule has 0 radical (unpaired) electrons. The van der Waals surface area contributed by atoms with Crippen LogP contribution in [0.15, 0.2) is 24.3 Å². The van der Waals surface area contributed by atoms with Crippen LogP contribution in [0.2, 0.25) is 0 Å². The van der Waals surface area contributed by atoms with Crippen LogP contribution >= 0.6 is 0 Å². The zero-order valence-corrected chi connectivity index (χ0v) is 12.8. The van der Waals surface area contributed by atoms with Crippen molar-refractivity contribution in [1.82, 2.24) is 0 Å². The molecule has 3 unspecified atom stereocenters. The Labute approximate surface area is 118 Å². The van der Waals surface area contributed by atoms with Crippen LogP contribution in [-0.4, -0.2) is 5.11 Å². The lowest BCUT2D eigenvalue weighted by molar-refractivity contribution is 0.0700. The highest BCUT2D eigenvalue weighted by Gasteiger charge is 2.29. The first kappa shape index (κ1) is 14.6. The fourth-order valence-corrected chi connectivity index (χ4v) is 3.46. The van der Waals surface area contributed by atoms with Crippen LogP contribution < -0.4 is 0 Å². The van der Waals surface area contributed by atoms with E-state index in [0.29, 0.717) is 5.92 Å². The molecule has 1 aliphatic carbocycles. The molecular weight excluding hydrogens is 232 g/mol. The van der Waals surface area contributed by atoms with Crippen molar-refractivity contribution in [1.29, 1.82) is 0 Å². The van der Waals surface area contributed by atoms with Gasteiger partial charge in [-0.15, -0.1) is 0 Å². The number of aliphatic hydroxyl groups is 1. The molecule has 0 saturated heterocycles. The standard InChI is InChI=1S/C18H28O/c1-13-8-7-9-14(12-13)17(19)15-10-5-6-11-16(15)18(2,3)4/h5-6,10-11,13-14,17,19H,7-9,12H2,1-4H3. The lowest BCUT2D eigenvalue weighted by Crippen LogP contribution is -2.23. The van der Waals surface area contributed by atoms with Crippen LogP contribution in [0.1, 0.15) is 70.6 Å². The number of hydrogen-bond donors (Lipinski definition) is 1. The highest BCUT2D eigenvalue weighted by atomic mass is 16.3. The van der Waals surface area contributed by atoms with Gasteiger partial charge < -0.3 is 5.11 Å². The van der Waals surface area contributed by atoms with Crippen molar-refractivity contribution in [3.05, 3.63) is 35.4 Å². The Morgan fingerprint density at radius 2 is 1.84 bits per heavy atom. The lowest BCUT2D eigenvalue weighted by Gasteiger charge is -2.33. The fourth-order valence-electron chi connectivity index (χ4n) is 3.46. The maximum atomic E-state index is 10.8. The van der Waals surface area contributed by atoms with E-state index in [9.17, 15) is 5.11 Å². The summed E-state index contributed by atoms with van der Waals surface area (Å²) in [6, 6.07) is 8.43. The maximum Gasteiger partial charge on any atom is 0.0821 e. The monoisotopic (exact) mass is 260 g/mol. The van der Waals surface area contributed by atoms with Gasteiger partial charge in [0.05, 0.1) is 6.10 Å². The van der Waals surface area contributed by atoms with E-state index < -0.39 is 0 Å². The van der Waals surface area contributed by atoms with Crippen molar-refractivity contribution >= 4 is 0 Å². The van der Waals surface area contributed by atoms with Crippen LogP contribution in [0.5, 0.6) is 0 Å². The molecule has 1 saturated carbocycles. The van der Waals surface area contributed by atoms with Crippen molar-refractivity contribution in [3.8, 4) is 0 Å². The van der Waals surface area contributed by atoms with Crippen LogP contribution in [0.3, 0.4) is 0 Å². The summed E-state index contributed by atoms with van der Waals surface area (Å²) in [5.41, 5.74) is 2.53. The van der Waals surface area contributed by atoms with Gasteiger partial charge >= 0.3 is 0 Å². The molecule has 0 bridgehead atoms. The molecule has 1 fully saturated rings. The summed E-state index contributed by atoms with van der Waals surface area (Å²) in [5.74, 6) is 1.20. The minimum absolute atomic E-state index is 0.0951. The second-order valence-corrected chi connectivity index (χ2v) is 7.31. The third-order valence-electron chi connectivity index (χ3n) is 4.51. The van der Waals surface area contributed by atoms with Crippen molar-refractivity contribution in [3.63, 3.8) is 0 Å². The van der Waals surface area contributed by atoms with Gasteiger partial charge in [0, 0.05) is 0 Å². The summed E-state index contributed by atoms with van der Waals surface area (Å²) in [6.45, 7) is 8.99. The minimum Gasteiger partial charge on any atom is -0.388 e. The molecular formula is C18H28O. The van der Waals surface area contributed by atoms with E-state index in [0.717, 1.165) is 11.5 Å². The molecule has 0 heterocycles. The summed E-state index contributed by atoms with van der Waals surface area (Å²) in [4.78, 5) is 0. The van der Waals surface area contributed by atoms with E-state index in [2.05, 4.69) is 52.0 Å². The van der Waals surface area contributed by atoms with Crippen LogP contribution in [0.4, 0.5) is 0 Å². The molecule has 0 aliphatic heterocycles. The van der Waals surface area contributed by atoms with Gasteiger partial charge in [0.15, 0.2) is 0 Å². The van der Waals surface area contributed by atoms with Gasteiger partial charge in [-0.05, 0) is 41.2 Å². The summed E-state index contributed by atoms with van der Waals surface area (Å²) in [5, 5.41) is 10.8. The van der Waals surface area contributed by atoms with Crippen LogP contribution in [-0.2, 0) is 5.41 Å². The van der Waals surface area contributed by atoms with Crippen LogP contribution in [0, 0.1) is 11.8 Å². The Bertz CT molecular complexity index is 416. The van der Waals surface area contributed by atoms with E-state index in [1.165, 1.54) is 31.2 Å². The number of aliphatic hydroxyl groups excluding tert-OH is 1. The number of rotatable bonds is 2. The zero-order valence-electron chi connectivity index (χ0n) is 12.8. The first-order valence-electron chi connectivity index (χ1n) is 7.67. The highest BCUT2D eigenvalue weighted by molar-refractivity contribution is 5.34. The van der Waals surface area contributed by atoms with E-state index in [-0.39, 0.29) is 11.5 Å². The van der Waals surface area contributed by atoms with Crippen molar-refractivity contribution in [2.45, 2.75) is 64.9 Å². The normalized spacial score (nSPS) is 26.2. The smallest absolute Gasteiger partial charge is 0.0821 e. The first-order valence-corrected chi connectivity index (χ1v) is 7.67. The SMILES string of the molecule is CC1CCCC(C(O)c2ccccc2C(C)(C)C)C1. The molecule has 1 heteroatoms. The summed E-state index contributed by atoms with van der Waals surface area (Å²) >= 11 is 0. The van der Waals surface area contributed by atoms with Gasteiger partial charge in [0.25, 0.3) is 0 Å². The predicted molar refractivity (Wildman–Crippen MR) is 81.2 cm³/mol. The minimum atomic E-state index is -0.293. The number of hydrogen-bond acceptors (Lipinski definition) is 1. The molecule has 1 aromatic rings. The Morgan fingerprint density at radius 3 is 2.47 bits per heavy atom. The topological polar surface area (TPSA) is 20.2 Å². The summed E-state index contributed by atoms with van der Waals surface area (Å²) in [7, 11) is 0. The Kier molecular flexibility index (Phi) is 4.35. The third-order valence-corrected chi connectivity index (χ3v) is 4.51. The second kappa shape index (κ2) is 5.66. The van der Waals surface area contributed by atoms with Crippen molar-refractivity contribution in [2.24, 2.45) is 11.8 Å². The molecule has 106 valence electrons. The molecule has 0 aromatic heterocycles. The summed E-state index contributed by atoms with van der Waals surface area (Å²) < 4.78 is 0. The molecule has 1 aromatic carbocycles. The molecule has 0 amide bonds. The van der Waals surface area contributed by atoms with Gasteiger partial charge in [-0.3, -0.25) is 0 Å². The average Bonchev–Trinajstić information content (AvgIpc) is 2.37. The largest absolute Gasteiger partial charge is 0.388 e. The fraction of sp³-hybridized carbons (Fsp3) is 0.667. The van der Waals surface area contributed by atoms with E-state index in [4.69, 9.17) is 0 Å². The molecule has 19 heavy (non-hydrogen) atoms. The van der Waals surface area contributed by atoms with Gasteiger partial charge in [0.2, 0.25) is 0 Å². The predicted octanol–water partition coefficient (Wildman–Crippen LogP) is 4.84. The first-order chi connectivity index (χ1) is 8.89.